The molecule has 1 aromatic heterocycles. The lowest BCUT2D eigenvalue weighted by atomic mass is 9.70. The molecule has 45 heavy (non-hydrogen) atoms. The van der Waals surface area contributed by atoms with E-state index in [0.29, 0.717) is 0 Å². The first-order valence-electron chi connectivity index (χ1n) is 15.5. The molecule has 0 unspecified atom stereocenters. The van der Waals surface area contributed by atoms with Gasteiger partial charge in [-0.2, -0.15) is 0 Å². The normalized spacial score (nSPS) is 13.5. The molecule has 0 amide bonds. The molecule has 0 atom stereocenters. The quantitative estimate of drug-likeness (QED) is 0.216. The Kier molecular flexibility index (Phi) is 5.14. The molecular weight excluding hydrogens is 563 g/mol. The maximum atomic E-state index is 3.96. The lowest BCUT2D eigenvalue weighted by Gasteiger charge is -2.30. The number of hydrogen-bond donors (Lipinski definition) is 1. The topological polar surface area (TPSA) is 12.0 Å². The van der Waals surface area contributed by atoms with Crippen LogP contribution in [0.15, 0.2) is 158 Å². The predicted molar refractivity (Wildman–Crippen MR) is 191 cm³/mol. The van der Waals surface area contributed by atoms with E-state index in [4.69, 9.17) is 0 Å². The fourth-order valence-corrected chi connectivity index (χ4v) is 9.25. The maximum Gasteiger partial charge on any atom is 0.0726 e. The van der Waals surface area contributed by atoms with Crippen molar-refractivity contribution in [1.29, 1.82) is 0 Å². The van der Waals surface area contributed by atoms with Gasteiger partial charge in [0.2, 0.25) is 0 Å². The van der Waals surface area contributed by atoms with Crippen LogP contribution in [0.2, 0.25) is 0 Å². The lowest BCUT2D eigenvalue weighted by Crippen LogP contribution is -2.25. The predicted octanol–water partition coefficient (Wildman–Crippen LogP) is 11.8. The molecule has 1 N–H and O–H groups in total. The van der Waals surface area contributed by atoms with Crippen LogP contribution in [0.4, 0.5) is 11.4 Å². The molecule has 0 bridgehead atoms. The Morgan fingerprint density at radius 1 is 0.422 bits per heavy atom. The monoisotopic (exact) mass is 589 g/mol. The number of fused-ring (bicyclic) bond motifs is 13. The Morgan fingerprint density at radius 2 is 1.02 bits per heavy atom. The molecule has 10 rings (SSSR count). The van der Waals surface area contributed by atoms with E-state index in [2.05, 4.69) is 163 Å². The van der Waals surface area contributed by atoms with E-state index >= 15 is 0 Å². The van der Waals surface area contributed by atoms with Gasteiger partial charge in [0, 0.05) is 26.7 Å². The van der Waals surface area contributed by atoms with Crippen LogP contribution in [0, 0.1) is 0 Å². The highest BCUT2D eigenvalue weighted by molar-refractivity contribution is 7.26. The SMILES string of the molecule is c1ccc(-c2ccc3sc4c(Nc5cccc6c5-c5ccccc5C65c6ccccc6-c6ccccc65)cccc4c3c2)cc1. The highest BCUT2D eigenvalue weighted by Crippen LogP contribution is 2.63. The second-order valence-corrected chi connectivity index (χ2v) is 13.2. The van der Waals surface area contributed by atoms with Gasteiger partial charge < -0.3 is 5.32 Å². The molecule has 1 spiro atoms. The Morgan fingerprint density at radius 3 is 1.78 bits per heavy atom. The summed E-state index contributed by atoms with van der Waals surface area (Å²) in [6.07, 6.45) is 0. The Balaban J connectivity index is 1.18. The third kappa shape index (κ3) is 3.32. The number of rotatable bonds is 3. The van der Waals surface area contributed by atoms with Crippen molar-refractivity contribution in [1.82, 2.24) is 0 Å². The fraction of sp³-hybridized carbons (Fsp3) is 0.0233. The van der Waals surface area contributed by atoms with Gasteiger partial charge in [-0.3, -0.25) is 0 Å². The molecule has 0 saturated carbocycles. The van der Waals surface area contributed by atoms with Gasteiger partial charge in [0.05, 0.1) is 15.8 Å². The average Bonchev–Trinajstić information content (AvgIpc) is 3.73. The highest BCUT2D eigenvalue weighted by atomic mass is 32.1. The molecule has 0 saturated heterocycles. The minimum Gasteiger partial charge on any atom is -0.354 e. The van der Waals surface area contributed by atoms with Crippen molar-refractivity contribution >= 4 is 42.9 Å². The third-order valence-corrected chi connectivity index (χ3v) is 11.1. The Bertz CT molecular complexity index is 2420. The molecule has 0 radical (unpaired) electrons. The van der Waals surface area contributed by atoms with Crippen LogP contribution < -0.4 is 5.32 Å². The zero-order chi connectivity index (χ0) is 29.5. The fourth-order valence-electron chi connectivity index (χ4n) is 8.10. The van der Waals surface area contributed by atoms with E-state index in [-0.39, 0.29) is 5.41 Å². The molecule has 2 aliphatic carbocycles. The van der Waals surface area contributed by atoms with Crippen LogP contribution in [-0.4, -0.2) is 0 Å². The van der Waals surface area contributed by atoms with Crippen LogP contribution >= 0.6 is 11.3 Å². The zero-order valence-electron chi connectivity index (χ0n) is 24.4. The first-order chi connectivity index (χ1) is 22.3. The summed E-state index contributed by atoms with van der Waals surface area (Å²) in [5.41, 5.74) is 15.2. The minimum atomic E-state index is -0.339. The van der Waals surface area contributed by atoms with Crippen molar-refractivity contribution in [2.24, 2.45) is 0 Å². The van der Waals surface area contributed by atoms with Crippen molar-refractivity contribution < 1.29 is 0 Å². The third-order valence-electron chi connectivity index (χ3n) is 9.89. The van der Waals surface area contributed by atoms with Gasteiger partial charge in [-0.25, -0.2) is 0 Å². The molecule has 2 heteroatoms. The molecule has 7 aromatic carbocycles. The molecule has 0 fully saturated rings. The van der Waals surface area contributed by atoms with Crippen LogP contribution in [0.5, 0.6) is 0 Å². The smallest absolute Gasteiger partial charge is 0.0726 e. The number of thiophene rings is 1. The van der Waals surface area contributed by atoms with E-state index in [1.54, 1.807) is 0 Å². The molecular formula is C43H27NS. The van der Waals surface area contributed by atoms with Gasteiger partial charge in [0.15, 0.2) is 0 Å². The minimum absolute atomic E-state index is 0.339. The largest absolute Gasteiger partial charge is 0.354 e. The van der Waals surface area contributed by atoms with E-state index in [0.717, 1.165) is 11.4 Å². The summed E-state index contributed by atoms with van der Waals surface area (Å²) in [5, 5.41) is 6.56. The second kappa shape index (κ2) is 9.28. The van der Waals surface area contributed by atoms with Gasteiger partial charge in [-0.15, -0.1) is 11.3 Å². The van der Waals surface area contributed by atoms with E-state index < -0.39 is 0 Å². The standard InChI is InChI=1S/C43H27NS/c1-2-12-27(13-3-1)28-24-25-40-33(26-28)31-17-10-23-39(42(31)45-40)44-38-22-11-21-37-41(38)32-16-6-9-20-36(32)43(37)34-18-7-4-14-29(34)30-15-5-8-19-35(30)43/h1-26,44H. The first kappa shape index (κ1) is 24.9. The number of hydrogen-bond acceptors (Lipinski definition) is 2. The molecule has 8 aromatic rings. The number of nitrogens with one attached hydrogen (secondary N) is 1. The van der Waals surface area contributed by atoms with E-state index in [9.17, 15) is 0 Å². The maximum absolute atomic E-state index is 3.96. The van der Waals surface area contributed by atoms with Crippen molar-refractivity contribution in [3.05, 3.63) is 180 Å². The summed E-state index contributed by atoms with van der Waals surface area (Å²) in [6, 6.07) is 58.1. The van der Waals surface area contributed by atoms with Crippen LogP contribution in [0.3, 0.4) is 0 Å². The van der Waals surface area contributed by atoms with Gasteiger partial charge in [0.25, 0.3) is 0 Å². The van der Waals surface area contributed by atoms with Gasteiger partial charge in [-0.05, 0) is 74.3 Å². The molecule has 1 nitrogen and oxygen atoms in total. The van der Waals surface area contributed by atoms with Crippen molar-refractivity contribution in [3.8, 4) is 33.4 Å². The summed E-state index contributed by atoms with van der Waals surface area (Å²) < 4.78 is 2.59. The van der Waals surface area contributed by atoms with Crippen molar-refractivity contribution in [2.45, 2.75) is 5.41 Å². The summed E-state index contributed by atoms with van der Waals surface area (Å²) in [6.45, 7) is 0. The van der Waals surface area contributed by atoms with E-state index in [1.165, 1.54) is 75.8 Å². The highest BCUT2D eigenvalue weighted by Gasteiger charge is 2.51. The zero-order valence-corrected chi connectivity index (χ0v) is 25.2. The van der Waals surface area contributed by atoms with Gasteiger partial charge in [0.1, 0.15) is 0 Å². The lowest BCUT2D eigenvalue weighted by molar-refractivity contribution is 0.794. The van der Waals surface area contributed by atoms with Crippen LogP contribution in [0.25, 0.3) is 53.6 Å². The summed E-state index contributed by atoms with van der Waals surface area (Å²) in [7, 11) is 0. The summed E-state index contributed by atoms with van der Waals surface area (Å²) in [4.78, 5) is 0. The van der Waals surface area contributed by atoms with Crippen LogP contribution in [-0.2, 0) is 5.41 Å². The number of anilines is 2. The summed E-state index contributed by atoms with van der Waals surface area (Å²) in [5.74, 6) is 0. The Labute approximate surface area is 266 Å². The summed E-state index contributed by atoms with van der Waals surface area (Å²) >= 11 is 1.87. The molecule has 2 aliphatic rings. The Hall–Kier alpha value is -5.44. The van der Waals surface area contributed by atoms with Gasteiger partial charge in [-0.1, -0.05) is 133 Å². The van der Waals surface area contributed by atoms with Crippen LogP contribution in [0.1, 0.15) is 22.3 Å². The van der Waals surface area contributed by atoms with Gasteiger partial charge >= 0.3 is 0 Å². The van der Waals surface area contributed by atoms with E-state index in [1.807, 2.05) is 11.3 Å². The van der Waals surface area contributed by atoms with Crippen molar-refractivity contribution in [2.75, 3.05) is 5.32 Å². The molecule has 0 aliphatic heterocycles. The second-order valence-electron chi connectivity index (χ2n) is 12.1. The molecule has 210 valence electrons. The van der Waals surface area contributed by atoms with Crippen molar-refractivity contribution in [3.63, 3.8) is 0 Å². The average molecular weight is 590 g/mol. The first-order valence-corrected chi connectivity index (χ1v) is 16.3. The number of benzene rings is 7. The molecule has 1 heterocycles.